The molecule has 14 heavy (non-hydrogen) atoms. The van der Waals surface area contributed by atoms with E-state index in [1.165, 1.54) is 0 Å². The number of benzene rings is 1. The number of nitrogen functional groups attached to an aromatic ring is 1. The van der Waals surface area contributed by atoms with Gasteiger partial charge in [-0.2, -0.15) is 5.10 Å². The number of aromatic nitrogens is 3. The van der Waals surface area contributed by atoms with Crippen molar-refractivity contribution >= 4 is 17.3 Å². The van der Waals surface area contributed by atoms with Gasteiger partial charge in [-0.25, -0.2) is 4.98 Å². The Morgan fingerprint density at radius 1 is 1.43 bits per heavy atom. The van der Waals surface area contributed by atoms with Crippen LogP contribution in [0.15, 0.2) is 24.5 Å². The predicted molar refractivity (Wildman–Crippen MR) is 55.9 cm³/mol. The van der Waals surface area contributed by atoms with Gasteiger partial charge in [-0.3, -0.25) is 4.68 Å². The maximum Gasteiger partial charge on any atom is 0.182 e. The van der Waals surface area contributed by atoms with Crippen molar-refractivity contribution in [3.05, 3.63) is 29.5 Å². The molecule has 0 aliphatic rings. The molecular formula is C9H9ClN4. The van der Waals surface area contributed by atoms with Gasteiger partial charge in [-0.15, -0.1) is 0 Å². The Morgan fingerprint density at radius 3 is 2.86 bits per heavy atom. The molecule has 0 fully saturated rings. The van der Waals surface area contributed by atoms with Crippen molar-refractivity contribution in [2.45, 2.75) is 0 Å². The van der Waals surface area contributed by atoms with E-state index >= 15 is 0 Å². The molecule has 0 unspecified atom stereocenters. The van der Waals surface area contributed by atoms with Gasteiger partial charge in [-0.1, -0.05) is 11.6 Å². The van der Waals surface area contributed by atoms with Crippen molar-refractivity contribution in [3.63, 3.8) is 0 Å². The molecule has 0 aliphatic heterocycles. The second-order valence-electron chi connectivity index (χ2n) is 2.98. The number of nitrogens with two attached hydrogens (primary N) is 1. The van der Waals surface area contributed by atoms with E-state index in [1.807, 2.05) is 0 Å². The van der Waals surface area contributed by atoms with E-state index in [0.717, 1.165) is 5.56 Å². The second-order valence-corrected chi connectivity index (χ2v) is 3.39. The summed E-state index contributed by atoms with van der Waals surface area (Å²) in [6.45, 7) is 0. The van der Waals surface area contributed by atoms with Crippen molar-refractivity contribution < 1.29 is 0 Å². The van der Waals surface area contributed by atoms with E-state index in [-0.39, 0.29) is 0 Å². The first-order valence-corrected chi connectivity index (χ1v) is 4.45. The van der Waals surface area contributed by atoms with Crippen LogP contribution in [-0.2, 0) is 7.05 Å². The highest BCUT2D eigenvalue weighted by atomic mass is 35.5. The minimum absolute atomic E-state index is 0.588. The molecule has 1 heterocycles. The molecule has 1 aromatic carbocycles. The van der Waals surface area contributed by atoms with Crippen molar-refractivity contribution in [2.24, 2.45) is 7.05 Å². The SMILES string of the molecule is Cn1cnc(-c2cc(N)ccc2Cl)n1. The lowest BCUT2D eigenvalue weighted by molar-refractivity contribution is 0.768. The Morgan fingerprint density at radius 2 is 2.21 bits per heavy atom. The van der Waals surface area contributed by atoms with Crippen molar-refractivity contribution in [1.82, 2.24) is 14.8 Å². The number of nitrogens with zero attached hydrogens (tertiary/aromatic N) is 3. The molecule has 0 amide bonds. The molecule has 0 saturated carbocycles. The Kier molecular flexibility index (Phi) is 2.13. The van der Waals surface area contributed by atoms with Crippen LogP contribution in [0.1, 0.15) is 0 Å². The number of anilines is 1. The molecule has 2 N–H and O–H groups in total. The predicted octanol–water partition coefficient (Wildman–Crippen LogP) is 1.72. The minimum Gasteiger partial charge on any atom is -0.399 e. The van der Waals surface area contributed by atoms with Crippen LogP contribution in [0.25, 0.3) is 11.4 Å². The zero-order chi connectivity index (χ0) is 10.1. The van der Waals surface area contributed by atoms with Crippen LogP contribution in [-0.4, -0.2) is 14.8 Å². The van der Waals surface area contributed by atoms with Gasteiger partial charge in [0.25, 0.3) is 0 Å². The first kappa shape index (κ1) is 9.02. The van der Waals surface area contributed by atoms with E-state index < -0.39 is 0 Å². The molecule has 5 heteroatoms. The monoisotopic (exact) mass is 208 g/mol. The van der Waals surface area contributed by atoms with Gasteiger partial charge in [0.15, 0.2) is 5.82 Å². The van der Waals surface area contributed by atoms with Gasteiger partial charge in [0.05, 0.1) is 5.02 Å². The van der Waals surface area contributed by atoms with Gasteiger partial charge in [0, 0.05) is 18.3 Å². The summed E-state index contributed by atoms with van der Waals surface area (Å²) >= 11 is 6.00. The van der Waals surface area contributed by atoms with E-state index in [4.69, 9.17) is 17.3 Å². The quantitative estimate of drug-likeness (QED) is 0.726. The van der Waals surface area contributed by atoms with Gasteiger partial charge < -0.3 is 5.73 Å². The third-order valence-corrected chi connectivity index (χ3v) is 2.16. The molecule has 1 aromatic heterocycles. The average Bonchev–Trinajstić information content (AvgIpc) is 2.56. The zero-order valence-electron chi connectivity index (χ0n) is 7.61. The summed E-state index contributed by atoms with van der Waals surface area (Å²) in [6, 6.07) is 5.25. The first-order valence-electron chi connectivity index (χ1n) is 4.08. The average molecular weight is 209 g/mol. The van der Waals surface area contributed by atoms with Crippen molar-refractivity contribution in [3.8, 4) is 11.4 Å². The van der Waals surface area contributed by atoms with Crippen LogP contribution in [0.5, 0.6) is 0 Å². The Balaban J connectivity index is 2.55. The summed E-state index contributed by atoms with van der Waals surface area (Å²) in [5.41, 5.74) is 7.06. The molecule has 4 nitrogen and oxygen atoms in total. The third-order valence-electron chi connectivity index (χ3n) is 1.83. The normalized spacial score (nSPS) is 10.4. The first-order chi connectivity index (χ1) is 6.66. The highest BCUT2D eigenvalue weighted by molar-refractivity contribution is 6.33. The number of rotatable bonds is 1. The standard InChI is InChI=1S/C9H9ClN4/c1-14-5-12-9(13-14)7-4-6(11)2-3-8(7)10/h2-5H,11H2,1H3. The fourth-order valence-electron chi connectivity index (χ4n) is 1.18. The van der Waals surface area contributed by atoms with Crippen molar-refractivity contribution in [1.29, 1.82) is 0 Å². The lowest BCUT2D eigenvalue weighted by atomic mass is 10.2. The third kappa shape index (κ3) is 1.56. The van der Waals surface area contributed by atoms with Crippen LogP contribution >= 0.6 is 11.6 Å². The lowest BCUT2D eigenvalue weighted by Crippen LogP contribution is -1.90. The molecule has 0 aliphatic carbocycles. The molecule has 0 saturated heterocycles. The van der Waals surface area contributed by atoms with Crippen LogP contribution in [0.4, 0.5) is 5.69 Å². The molecule has 2 rings (SSSR count). The number of hydrogen-bond acceptors (Lipinski definition) is 3. The summed E-state index contributed by atoms with van der Waals surface area (Å²) in [4.78, 5) is 4.10. The fraction of sp³-hybridized carbons (Fsp3) is 0.111. The summed E-state index contributed by atoms with van der Waals surface area (Å²) in [6.07, 6.45) is 1.62. The van der Waals surface area contributed by atoms with Gasteiger partial charge in [-0.05, 0) is 18.2 Å². The number of hydrogen-bond donors (Lipinski definition) is 1. The molecular weight excluding hydrogens is 200 g/mol. The molecule has 0 radical (unpaired) electrons. The largest absolute Gasteiger partial charge is 0.399 e. The summed E-state index contributed by atoms with van der Waals surface area (Å²) in [7, 11) is 1.80. The topological polar surface area (TPSA) is 56.7 Å². The smallest absolute Gasteiger partial charge is 0.182 e. The minimum atomic E-state index is 0.588. The molecule has 0 spiro atoms. The van der Waals surface area contributed by atoms with Crippen molar-refractivity contribution in [2.75, 3.05) is 5.73 Å². The highest BCUT2D eigenvalue weighted by Gasteiger charge is 2.07. The van der Waals surface area contributed by atoms with E-state index in [1.54, 1.807) is 36.3 Å². The second kappa shape index (κ2) is 3.31. The summed E-state index contributed by atoms with van der Waals surface area (Å²) < 4.78 is 1.62. The fourth-order valence-corrected chi connectivity index (χ4v) is 1.38. The van der Waals surface area contributed by atoms with Crippen LogP contribution < -0.4 is 5.73 Å². The maximum atomic E-state index is 6.00. The Bertz CT molecular complexity index is 464. The maximum absolute atomic E-state index is 6.00. The zero-order valence-corrected chi connectivity index (χ0v) is 8.36. The van der Waals surface area contributed by atoms with Crippen LogP contribution in [0.3, 0.4) is 0 Å². The van der Waals surface area contributed by atoms with Crippen LogP contribution in [0, 0.1) is 0 Å². The molecule has 72 valence electrons. The van der Waals surface area contributed by atoms with Gasteiger partial charge in [0.1, 0.15) is 6.33 Å². The summed E-state index contributed by atoms with van der Waals surface area (Å²) in [5, 5.41) is 4.75. The van der Waals surface area contributed by atoms with Gasteiger partial charge in [0.2, 0.25) is 0 Å². The number of halogens is 1. The van der Waals surface area contributed by atoms with Gasteiger partial charge >= 0.3 is 0 Å². The van der Waals surface area contributed by atoms with Crippen LogP contribution in [0.2, 0.25) is 5.02 Å². The van der Waals surface area contributed by atoms with E-state index in [0.29, 0.717) is 16.5 Å². The highest BCUT2D eigenvalue weighted by Crippen LogP contribution is 2.26. The Hall–Kier alpha value is -1.55. The Labute approximate surface area is 86.3 Å². The van der Waals surface area contributed by atoms with E-state index in [2.05, 4.69) is 10.1 Å². The van der Waals surface area contributed by atoms with E-state index in [9.17, 15) is 0 Å². The summed E-state index contributed by atoms with van der Waals surface area (Å²) in [5.74, 6) is 0.588. The molecule has 2 aromatic rings. The molecule has 0 bridgehead atoms. The molecule has 0 atom stereocenters. The number of aryl methyl sites for hydroxylation is 1. The lowest BCUT2D eigenvalue weighted by Gasteiger charge is -2.00.